The van der Waals surface area contributed by atoms with Gasteiger partial charge in [0.05, 0.1) is 0 Å². The Labute approximate surface area is 159 Å². The molecule has 0 fully saturated rings. The van der Waals surface area contributed by atoms with E-state index in [0.29, 0.717) is 0 Å². The number of thiophene rings is 1. The summed E-state index contributed by atoms with van der Waals surface area (Å²) in [4.78, 5) is 3.50. The lowest BCUT2D eigenvalue weighted by molar-refractivity contribution is 0.632. The number of H-pyrrole nitrogens is 1. The van der Waals surface area contributed by atoms with Gasteiger partial charge < -0.3 is 9.40 Å². The normalized spacial score (nSPS) is 11.7. The van der Waals surface area contributed by atoms with Crippen LogP contribution in [0.1, 0.15) is 0 Å². The number of hydrogen-bond donors (Lipinski definition) is 1. The van der Waals surface area contributed by atoms with Crippen molar-refractivity contribution in [3.63, 3.8) is 0 Å². The van der Waals surface area contributed by atoms with Crippen molar-refractivity contribution in [1.29, 1.82) is 0 Å². The number of nitrogens with one attached hydrogen (secondary N) is 1. The van der Waals surface area contributed by atoms with Crippen molar-refractivity contribution in [2.75, 3.05) is 0 Å². The number of furan rings is 1. The Morgan fingerprint density at radius 3 is 2.59 bits per heavy atom. The Morgan fingerprint density at radius 2 is 1.63 bits per heavy atom. The van der Waals surface area contributed by atoms with E-state index in [2.05, 4.69) is 89.2 Å². The molecule has 0 saturated heterocycles. The number of para-hydroxylation sites is 1. The van der Waals surface area contributed by atoms with Crippen LogP contribution in [0.3, 0.4) is 0 Å². The van der Waals surface area contributed by atoms with Crippen molar-refractivity contribution >= 4 is 43.3 Å². The third-order valence-electron chi connectivity index (χ3n) is 5.10. The molecule has 0 amide bonds. The van der Waals surface area contributed by atoms with Crippen LogP contribution in [0.4, 0.5) is 0 Å². The van der Waals surface area contributed by atoms with Gasteiger partial charge in [0.25, 0.3) is 0 Å². The first-order valence-corrected chi connectivity index (χ1v) is 9.81. The highest BCUT2D eigenvalue weighted by Gasteiger charge is 2.10. The van der Waals surface area contributed by atoms with E-state index in [9.17, 15) is 0 Å². The minimum absolute atomic E-state index is 0.911. The maximum absolute atomic E-state index is 6.12. The minimum atomic E-state index is 0.911. The summed E-state index contributed by atoms with van der Waals surface area (Å²) in [6.45, 7) is 0. The van der Waals surface area contributed by atoms with Gasteiger partial charge in [-0.25, -0.2) is 0 Å². The monoisotopic (exact) mass is 365 g/mol. The second-order valence-corrected chi connectivity index (χ2v) is 7.75. The summed E-state index contributed by atoms with van der Waals surface area (Å²) >= 11 is 1.76. The molecule has 6 aromatic rings. The Kier molecular flexibility index (Phi) is 3.07. The number of benzene rings is 3. The maximum Gasteiger partial charge on any atom is 0.135 e. The molecule has 3 heterocycles. The third-order valence-corrected chi connectivity index (χ3v) is 5.98. The van der Waals surface area contributed by atoms with Gasteiger partial charge in [0.1, 0.15) is 11.3 Å². The lowest BCUT2D eigenvalue weighted by Gasteiger charge is -1.97. The molecule has 3 aromatic carbocycles. The van der Waals surface area contributed by atoms with Crippen LogP contribution >= 0.6 is 11.3 Å². The molecule has 0 radical (unpaired) electrons. The fraction of sp³-hybridized carbons (Fsp3) is 0. The van der Waals surface area contributed by atoms with Gasteiger partial charge in [0.15, 0.2) is 0 Å². The van der Waals surface area contributed by atoms with E-state index in [1.54, 1.807) is 11.3 Å². The van der Waals surface area contributed by atoms with E-state index in [0.717, 1.165) is 33.5 Å². The smallest absolute Gasteiger partial charge is 0.135 e. The fourth-order valence-electron chi connectivity index (χ4n) is 3.69. The molecule has 0 bridgehead atoms. The molecule has 1 N–H and O–H groups in total. The van der Waals surface area contributed by atoms with Crippen LogP contribution in [0.5, 0.6) is 0 Å². The van der Waals surface area contributed by atoms with Crippen LogP contribution in [0.2, 0.25) is 0 Å². The second kappa shape index (κ2) is 5.60. The summed E-state index contributed by atoms with van der Waals surface area (Å²) in [5.41, 5.74) is 5.48. The van der Waals surface area contributed by atoms with Gasteiger partial charge in [-0.05, 0) is 64.9 Å². The molecule has 0 spiro atoms. The van der Waals surface area contributed by atoms with Crippen molar-refractivity contribution in [3.8, 4) is 22.6 Å². The highest BCUT2D eigenvalue weighted by molar-refractivity contribution is 7.17. The first kappa shape index (κ1) is 14.8. The molecule has 0 aliphatic carbocycles. The largest absolute Gasteiger partial charge is 0.456 e. The topological polar surface area (TPSA) is 28.9 Å². The summed E-state index contributed by atoms with van der Waals surface area (Å²) in [6, 6.07) is 27.7. The van der Waals surface area contributed by atoms with Crippen molar-refractivity contribution in [1.82, 2.24) is 4.98 Å². The van der Waals surface area contributed by atoms with Crippen LogP contribution in [0, 0.1) is 0 Å². The van der Waals surface area contributed by atoms with Gasteiger partial charge in [-0.3, -0.25) is 0 Å². The Bertz CT molecular complexity index is 1400. The van der Waals surface area contributed by atoms with Gasteiger partial charge in [-0.2, -0.15) is 0 Å². The molecule has 0 atom stereocenters. The predicted molar refractivity (Wildman–Crippen MR) is 114 cm³/mol. The zero-order chi connectivity index (χ0) is 17.8. The van der Waals surface area contributed by atoms with E-state index in [4.69, 9.17) is 4.42 Å². The summed E-state index contributed by atoms with van der Waals surface area (Å²) in [5.74, 6) is 0.911. The number of aromatic amines is 1. The first-order chi connectivity index (χ1) is 13.3. The van der Waals surface area contributed by atoms with E-state index >= 15 is 0 Å². The molecule has 2 nitrogen and oxygen atoms in total. The van der Waals surface area contributed by atoms with Gasteiger partial charge in [-0.15, -0.1) is 11.3 Å². The lowest BCUT2D eigenvalue weighted by Crippen LogP contribution is -1.76. The van der Waals surface area contributed by atoms with Gasteiger partial charge in [-0.1, -0.05) is 30.3 Å². The van der Waals surface area contributed by atoms with Crippen molar-refractivity contribution < 1.29 is 4.42 Å². The average Bonchev–Trinajstić information content (AvgIpc) is 3.42. The molecule has 3 heteroatoms. The van der Waals surface area contributed by atoms with Crippen molar-refractivity contribution in [2.45, 2.75) is 0 Å². The molecule has 0 aliphatic rings. The minimum Gasteiger partial charge on any atom is -0.456 e. The molecule has 0 aliphatic heterocycles. The molecule has 3 aromatic heterocycles. The number of rotatable bonds is 2. The molecule has 6 rings (SSSR count). The van der Waals surface area contributed by atoms with E-state index in [-0.39, 0.29) is 0 Å². The van der Waals surface area contributed by atoms with Crippen molar-refractivity contribution in [3.05, 3.63) is 84.2 Å². The zero-order valence-electron chi connectivity index (χ0n) is 14.4. The average molecular weight is 365 g/mol. The van der Waals surface area contributed by atoms with Crippen LogP contribution in [-0.4, -0.2) is 4.98 Å². The lowest BCUT2D eigenvalue weighted by atomic mass is 10.1. The van der Waals surface area contributed by atoms with Gasteiger partial charge >= 0.3 is 0 Å². The SMILES string of the molecule is c1ccc2[nH]c(-c3ccc4oc(-c5ccc6ccsc6c5)cc4c3)cc2c1. The molecule has 0 saturated carbocycles. The van der Waals surface area contributed by atoms with E-state index < -0.39 is 0 Å². The second-order valence-electron chi connectivity index (χ2n) is 6.81. The molecular weight excluding hydrogens is 350 g/mol. The Morgan fingerprint density at radius 1 is 0.704 bits per heavy atom. The number of aromatic nitrogens is 1. The third kappa shape index (κ3) is 2.40. The number of hydrogen-bond acceptors (Lipinski definition) is 2. The standard InChI is InChI=1S/C24H15NOS/c1-2-4-20-16(3-1)12-21(25-20)17-7-8-22-19(11-17)13-23(26-22)18-6-5-15-9-10-27-24(15)14-18/h1-14,25H. The Hall–Kier alpha value is -3.30. The molecular formula is C24H15NOS. The van der Waals surface area contributed by atoms with E-state index in [1.165, 1.54) is 21.0 Å². The van der Waals surface area contributed by atoms with Crippen LogP contribution in [-0.2, 0) is 0 Å². The summed E-state index contributed by atoms with van der Waals surface area (Å²) in [7, 11) is 0. The maximum atomic E-state index is 6.12. The Balaban J connectivity index is 1.46. The van der Waals surface area contributed by atoms with E-state index in [1.807, 2.05) is 0 Å². The van der Waals surface area contributed by atoms with Crippen LogP contribution < -0.4 is 0 Å². The van der Waals surface area contributed by atoms with Crippen LogP contribution in [0.15, 0.2) is 88.7 Å². The number of fused-ring (bicyclic) bond motifs is 3. The summed E-state index contributed by atoms with van der Waals surface area (Å²) in [5, 5.41) is 5.75. The fourth-order valence-corrected chi connectivity index (χ4v) is 4.52. The summed E-state index contributed by atoms with van der Waals surface area (Å²) in [6.07, 6.45) is 0. The molecule has 27 heavy (non-hydrogen) atoms. The molecule has 0 unspecified atom stereocenters. The van der Waals surface area contributed by atoms with Gasteiger partial charge in [0.2, 0.25) is 0 Å². The van der Waals surface area contributed by atoms with Crippen LogP contribution in [0.25, 0.3) is 54.5 Å². The summed E-state index contributed by atoms with van der Waals surface area (Å²) < 4.78 is 7.41. The highest BCUT2D eigenvalue weighted by atomic mass is 32.1. The predicted octanol–water partition coefficient (Wildman–Crippen LogP) is 7.46. The van der Waals surface area contributed by atoms with Gasteiger partial charge in [0, 0.05) is 32.2 Å². The first-order valence-electron chi connectivity index (χ1n) is 8.93. The zero-order valence-corrected chi connectivity index (χ0v) is 15.2. The molecule has 128 valence electrons. The quantitative estimate of drug-likeness (QED) is 0.339. The highest BCUT2D eigenvalue weighted by Crippen LogP contribution is 2.34. The van der Waals surface area contributed by atoms with Crippen molar-refractivity contribution in [2.24, 2.45) is 0 Å².